The van der Waals surface area contributed by atoms with Gasteiger partial charge in [-0.2, -0.15) is 0 Å². The third-order valence-electron chi connectivity index (χ3n) is 1.32. The summed E-state index contributed by atoms with van der Waals surface area (Å²) in [5.41, 5.74) is -0.289. The summed E-state index contributed by atoms with van der Waals surface area (Å²) >= 11 is 0. The van der Waals surface area contributed by atoms with E-state index in [0.717, 1.165) is 12.1 Å². The molecule has 0 aliphatic carbocycles. The first kappa shape index (κ1) is 11.9. The summed E-state index contributed by atoms with van der Waals surface area (Å²) in [6, 6.07) is 1.69. The van der Waals surface area contributed by atoms with E-state index in [-0.39, 0.29) is 31.5 Å². The number of carbonyl (C=O) groups is 1. The number of hydrogen-bond donors (Lipinski definition) is 4. The van der Waals surface area contributed by atoms with Gasteiger partial charge in [-0.15, -0.1) is 0 Å². The van der Waals surface area contributed by atoms with Gasteiger partial charge >= 0.3 is 29.0 Å². The molecular formula is C7H8MgO5. The van der Waals surface area contributed by atoms with Crippen LogP contribution in [0.3, 0.4) is 0 Å². The molecule has 0 atom stereocenters. The number of rotatable bonds is 1. The summed E-state index contributed by atoms with van der Waals surface area (Å²) in [4.78, 5) is 10.3. The number of aromatic carboxylic acids is 1. The van der Waals surface area contributed by atoms with Gasteiger partial charge in [0.05, 0.1) is 5.56 Å². The van der Waals surface area contributed by atoms with Crippen LogP contribution in [-0.2, 0) is 0 Å². The predicted molar refractivity (Wildman–Crippen MR) is 46.4 cm³/mol. The fourth-order valence-electron chi connectivity index (χ4n) is 0.728. The molecule has 1 rings (SSSR count). The van der Waals surface area contributed by atoms with E-state index < -0.39 is 23.2 Å². The van der Waals surface area contributed by atoms with Crippen LogP contribution in [0.4, 0.5) is 0 Å². The molecule has 6 heteroatoms. The average Bonchev–Trinajstić information content (AvgIpc) is 1.99. The maximum atomic E-state index is 10.3. The molecule has 1 aromatic carbocycles. The molecule has 0 saturated carbocycles. The smallest absolute Gasteiger partial charge is 1.00 e. The van der Waals surface area contributed by atoms with Crippen molar-refractivity contribution in [1.29, 1.82) is 0 Å². The fraction of sp³-hybridized carbons (Fsp3) is 0. The number of hydrogen-bond acceptors (Lipinski definition) is 4. The van der Waals surface area contributed by atoms with Crippen molar-refractivity contribution in [2.24, 2.45) is 0 Å². The monoisotopic (exact) mass is 196 g/mol. The van der Waals surface area contributed by atoms with E-state index >= 15 is 0 Å². The summed E-state index contributed by atoms with van der Waals surface area (Å²) in [6.45, 7) is 0. The van der Waals surface area contributed by atoms with Gasteiger partial charge in [0.2, 0.25) is 0 Å². The van der Waals surface area contributed by atoms with Crippen LogP contribution in [0.1, 0.15) is 13.2 Å². The van der Waals surface area contributed by atoms with Crippen LogP contribution in [0.25, 0.3) is 0 Å². The van der Waals surface area contributed by atoms with E-state index in [1.165, 1.54) is 0 Å². The maximum Gasteiger partial charge on any atom is 2.00 e. The fourth-order valence-corrected chi connectivity index (χ4v) is 0.728. The molecule has 0 fully saturated rings. The molecule has 0 saturated heterocycles. The number of phenolic OH excluding ortho intramolecular Hbond substituents is 3. The zero-order valence-corrected chi connectivity index (χ0v) is 7.97. The van der Waals surface area contributed by atoms with Crippen molar-refractivity contribution >= 4 is 29.0 Å². The minimum Gasteiger partial charge on any atom is -1.00 e. The van der Waals surface area contributed by atoms with Crippen molar-refractivity contribution in [1.82, 2.24) is 0 Å². The van der Waals surface area contributed by atoms with E-state index in [2.05, 4.69) is 0 Å². The molecule has 0 heterocycles. The zero-order chi connectivity index (χ0) is 9.30. The van der Waals surface area contributed by atoms with Crippen LogP contribution in [0.5, 0.6) is 17.2 Å². The molecule has 0 aliphatic rings. The molecule has 1 aromatic rings. The summed E-state index contributed by atoms with van der Waals surface area (Å²) in [5, 5.41) is 35.0. The Morgan fingerprint density at radius 3 is 1.85 bits per heavy atom. The van der Waals surface area contributed by atoms with Crippen molar-refractivity contribution in [3.63, 3.8) is 0 Å². The maximum absolute atomic E-state index is 10.3. The Balaban J connectivity index is -0.000000480. The molecule has 0 radical (unpaired) electrons. The molecule has 0 aliphatic heterocycles. The number of carboxylic acids is 1. The van der Waals surface area contributed by atoms with E-state index in [0.29, 0.717) is 0 Å². The van der Waals surface area contributed by atoms with E-state index in [1.54, 1.807) is 0 Å². The Morgan fingerprint density at radius 2 is 1.54 bits per heavy atom. The van der Waals surface area contributed by atoms with Gasteiger partial charge in [-0.1, -0.05) is 0 Å². The summed E-state index contributed by atoms with van der Waals surface area (Å²) in [5.74, 6) is -3.33. The van der Waals surface area contributed by atoms with Gasteiger partial charge in [0.1, 0.15) is 0 Å². The van der Waals surface area contributed by atoms with Crippen LogP contribution in [0.15, 0.2) is 12.1 Å². The Labute approximate surface area is 92.4 Å². The van der Waals surface area contributed by atoms with E-state index in [4.69, 9.17) is 20.4 Å². The van der Waals surface area contributed by atoms with Gasteiger partial charge in [-0.05, 0) is 12.1 Å². The molecular weight excluding hydrogens is 188 g/mol. The quantitative estimate of drug-likeness (QED) is 0.384. The summed E-state index contributed by atoms with van der Waals surface area (Å²) in [7, 11) is 0. The van der Waals surface area contributed by atoms with Gasteiger partial charge < -0.3 is 23.3 Å². The topological polar surface area (TPSA) is 98.0 Å². The van der Waals surface area contributed by atoms with Crippen LogP contribution in [-0.4, -0.2) is 49.4 Å². The first-order chi connectivity index (χ1) is 5.52. The second-order valence-electron chi connectivity index (χ2n) is 2.17. The number of aromatic hydroxyl groups is 3. The standard InChI is InChI=1S/C7H6O5.Mg.2H/c8-4-1-3(7(11)12)2-5(9)6(4)10;;;/h1-2,8-10H,(H,11,12);;;/q;+2;2*-1. The van der Waals surface area contributed by atoms with Crippen molar-refractivity contribution in [2.45, 2.75) is 0 Å². The molecule has 0 spiro atoms. The first-order valence-electron chi connectivity index (χ1n) is 3.00. The molecule has 4 N–H and O–H groups in total. The number of phenols is 3. The third kappa shape index (κ3) is 2.39. The van der Waals surface area contributed by atoms with Gasteiger partial charge in [-0.3, -0.25) is 0 Å². The molecule has 0 aromatic heterocycles. The second-order valence-corrected chi connectivity index (χ2v) is 2.17. The molecule has 68 valence electrons. The normalized spacial score (nSPS) is 8.92. The van der Waals surface area contributed by atoms with Crippen LogP contribution in [0, 0.1) is 0 Å². The number of benzene rings is 1. The molecule has 5 nitrogen and oxygen atoms in total. The summed E-state index contributed by atoms with van der Waals surface area (Å²) < 4.78 is 0. The molecule has 0 bridgehead atoms. The van der Waals surface area contributed by atoms with Crippen molar-refractivity contribution in [3.05, 3.63) is 17.7 Å². The minimum absolute atomic E-state index is 0. The van der Waals surface area contributed by atoms with Gasteiger partial charge in [0.25, 0.3) is 0 Å². The van der Waals surface area contributed by atoms with E-state index in [9.17, 15) is 4.79 Å². The van der Waals surface area contributed by atoms with Crippen molar-refractivity contribution < 1.29 is 28.1 Å². The Morgan fingerprint density at radius 1 is 1.15 bits per heavy atom. The minimum atomic E-state index is -1.29. The third-order valence-corrected chi connectivity index (χ3v) is 1.32. The van der Waals surface area contributed by atoms with E-state index in [1.807, 2.05) is 0 Å². The SMILES string of the molecule is O=C(O)c1cc(O)c(O)c(O)c1.[H-].[H-].[Mg+2]. The average molecular weight is 196 g/mol. The van der Waals surface area contributed by atoms with Crippen molar-refractivity contribution in [3.8, 4) is 17.2 Å². The largest absolute Gasteiger partial charge is 2.00 e. The van der Waals surface area contributed by atoms with Crippen LogP contribution < -0.4 is 0 Å². The Hall–Kier alpha value is -1.14. The molecule has 0 unspecified atom stereocenters. The van der Waals surface area contributed by atoms with Crippen LogP contribution >= 0.6 is 0 Å². The molecule has 0 amide bonds. The second kappa shape index (κ2) is 4.19. The number of carboxylic acid groups (broad SMARTS) is 1. The van der Waals surface area contributed by atoms with Crippen molar-refractivity contribution in [2.75, 3.05) is 0 Å². The van der Waals surface area contributed by atoms with Gasteiger partial charge in [0.15, 0.2) is 17.2 Å². The predicted octanol–water partition coefficient (Wildman–Crippen LogP) is 0.346. The van der Waals surface area contributed by atoms with Crippen LogP contribution in [0.2, 0.25) is 0 Å². The molecule has 13 heavy (non-hydrogen) atoms. The zero-order valence-electron chi connectivity index (χ0n) is 8.56. The van der Waals surface area contributed by atoms with Gasteiger partial charge in [-0.25, -0.2) is 4.79 Å². The van der Waals surface area contributed by atoms with Gasteiger partial charge in [0, 0.05) is 0 Å². The summed E-state index contributed by atoms with van der Waals surface area (Å²) in [6.07, 6.45) is 0. The first-order valence-corrected chi connectivity index (χ1v) is 3.00. The Bertz CT molecular complexity index is 321. The Kier molecular flexibility index (Phi) is 3.83.